The van der Waals surface area contributed by atoms with Gasteiger partial charge in [-0.3, -0.25) is 0 Å². The van der Waals surface area contributed by atoms with Crippen molar-refractivity contribution < 1.29 is 14.3 Å². The molecule has 0 aliphatic carbocycles. The summed E-state index contributed by atoms with van der Waals surface area (Å²) in [5.41, 5.74) is 2.09. The van der Waals surface area contributed by atoms with Crippen LogP contribution in [-0.2, 0) is 17.8 Å². The van der Waals surface area contributed by atoms with Gasteiger partial charge in [0.2, 0.25) is 0 Å². The lowest BCUT2D eigenvalue weighted by atomic mass is 10.1. The Kier molecular flexibility index (Phi) is 6.94. The molecule has 0 spiro atoms. The van der Waals surface area contributed by atoms with Gasteiger partial charge in [-0.2, -0.15) is 0 Å². The maximum atomic E-state index is 11.6. The molecule has 0 heterocycles. The highest BCUT2D eigenvalue weighted by Gasteiger charge is 2.05. The Morgan fingerprint density at radius 3 is 2.70 bits per heavy atom. The Bertz CT molecular complexity index is 631. The number of nitrogens with one attached hydrogen (secondary N) is 1. The molecule has 0 aliphatic heterocycles. The van der Waals surface area contributed by atoms with Crippen molar-refractivity contribution in [2.24, 2.45) is 0 Å². The molecule has 23 heavy (non-hydrogen) atoms. The lowest BCUT2D eigenvalue weighted by molar-refractivity contribution is 0.139. The van der Waals surface area contributed by atoms with Crippen molar-refractivity contribution in [2.75, 3.05) is 13.7 Å². The molecule has 0 radical (unpaired) electrons. The predicted octanol–water partition coefficient (Wildman–Crippen LogP) is 4.32. The van der Waals surface area contributed by atoms with E-state index in [0.29, 0.717) is 6.54 Å². The van der Waals surface area contributed by atoms with Crippen LogP contribution in [-0.4, -0.2) is 19.7 Å². The zero-order chi connectivity index (χ0) is 16.5. The fourth-order valence-corrected chi connectivity index (χ4v) is 2.51. The number of ether oxygens (including phenoxy) is 2. The van der Waals surface area contributed by atoms with Gasteiger partial charge in [-0.15, -0.1) is 0 Å². The van der Waals surface area contributed by atoms with Crippen molar-refractivity contribution in [1.29, 1.82) is 0 Å². The Hall–Kier alpha value is -2.01. The molecule has 0 aliphatic rings. The quantitative estimate of drug-likeness (QED) is 0.731. The van der Waals surface area contributed by atoms with Crippen LogP contribution in [0.2, 0.25) is 0 Å². The van der Waals surface area contributed by atoms with Crippen LogP contribution in [0.5, 0.6) is 5.75 Å². The van der Waals surface area contributed by atoms with Crippen LogP contribution in [0, 0.1) is 0 Å². The first kappa shape index (κ1) is 17.3. The zero-order valence-corrected chi connectivity index (χ0v) is 14.6. The molecule has 1 amide bonds. The molecule has 0 bridgehead atoms. The van der Waals surface area contributed by atoms with Crippen LogP contribution in [0.1, 0.15) is 17.5 Å². The van der Waals surface area contributed by atoms with Gasteiger partial charge in [0, 0.05) is 11.0 Å². The SMILES string of the molecule is COc1cc(Br)ccc1CCCNC(=O)OCc1ccccc1. The third kappa shape index (κ3) is 5.94. The second kappa shape index (κ2) is 9.20. The van der Waals surface area contributed by atoms with Crippen molar-refractivity contribution in [1.82, 2.24) is 5.32 Å². The molecule has 1 N–H and O–H groups in total. The van der Waals surface area contributed by atoms with Crippen molar-refractivity contribution in [3.8, 4) is 5.75 Å². The maximum Gasteiger partial charge on any atom is 0.407 e. The number of carbonyl (C=O) groups excluding carboxylic acids is 1. The van der Waals surface area contributed by atoms with Crippen LogP contribution in [0.15, 0.2) is 53.0 Å². The Morgan fingerprint density at radius 2 is 1.96 bits per heavy atom. The third-order valence-electron chi connectivity index (χ3n) is 3.35. The molecule has 2 aromatic rings. The van der Waals surface area contributed by atoms with E-state index in [1.807, 2.05) is 48.5 Å². The minimum Gasteiger partial charge on any atom is -0.496 e. The predicted molar refractivity (Wildman–Crippen MR) is 93.6 cm³/mol. The Labute approximate surface area is 144 Å². The third-order valence-corrected chi connectivity index (χ3v) is 3.85. The van der Waals surface area contributed by atoms with E-state index in [4.69, 9.17) is 9.47 Å². The summed E-state index contributed by atoms with van der Waals surface area (Å²) >= 11 is 3.42. The van der Waals surface area contributed by atoms with Gasteiger partial charge in [0.15, 0.2) is 0 Å². The summed E-state index contributed by atoms with van der Waals surface area (Å²) in [5.74, 6) is 0.853. The Morgan fingerprint density at radius 1 is 1.17 bits per heavy atom. The van der Waals surface area contributed by atoms with Crippen molar-refractivity contribution >= 4 is 22.0 Å². The minimum atomic E-state index is -0.392. The van der Waals surface area contributed by atoms with Crippen LogP contribution in [0.25, 0.3) is 0 Å². The number of halogens is 1. The number of carbonyl (C=O) groups is 1. The highest BCUT2D eigenvalue weighted by atomic mass is 79.9. The van der Waals surface area contributed by atoms with Gasteiger partial charge < -0.3 is 14.8 Å². The van der Waals surface area contributed by atoms with E-state index < -0.39 is 6.09 Å². The monoisotopic (exact) mass is 377 g/mol. The molecule has 0 saturated carbocycles. The Balaban J connectivity index is 1.68. The summed E-state index contributed by atoms with van der Waals surface area (Å²) in [5, 5.41) is 2.76. The first-order valence-corrected chi connectivity index (χ1v) is 8.25. The van der Waals surface area contributed by atoms with E-state index in [2.05, 4.69) is 21.2 Å². The summed E-state index contributed by atoms with van der Waals surface area (Å²) in [4.78, 5) is 11.6. The number of rotatable bonds is 7. The van der Waals surface area contributed by atoms with Crippen LogP contribution >= 0.6 is 15.9 Å². The van der Waals surface area contributed by atoms with Gasteiger partial charge in [0.1, 0.15) is 12.4 Å². The second-order valence-corrected chi connectivity index (χ2v) is 5.96. The average Bonchev–Trinajstić information content (AvgIpc) is 2.58. The minimum absolute atomic E-state index is 0.285. The fraction of sp³-hybridized carbons (Fsp3) is 0.278. The van der Waals surface area contributed by atoms with Gasteiger partial charge in [0.05, 0.1) is 7.11 Å². The van der Waals surface area contributed by atoms with Crippen LogP contribution in [0.4, 0.5) is 4.79 Å². The molecule has 4 nitrogen and oxygen atoms in total. The average molecular weight is 378 g/mol. The number of aryl methyl sites for hydroxylation is 1. The van der Waals surface area contributed by atoms with E-state index in [1.165, 1.54) is 0 Å². The molecule has 0 unspecified atom stereocenters. The molecular formula is C18H20BrNO3. The number of hydrogen-bond donors (Lipinski definition) is 1. The van der Waals surface area contributed by atoms with Gasteiger partial charge >= 0.3 is 6.09 Å². The van der Waals surface area contributed by atoms with E-state index in [1.54, 1.807) is 7.11 Å². The fourth-order valence-electron chi connectivity index (χ4n) is 2.17. The molecular weight excluding hydrogens is 358 g/mol. The molecule has 0 atom stereocenters. The highest BCUT2D eigenvalue weighted by molar-refractivity contribution is 9.10. The van der Waals surface area contributed by atoms with Gasteiger partial charge in [-0.05, 0) is 36.1 Å². The molecule has 5 heteroatoms. The highest BCUT2D eigenvalue weighted by Crippen LogP contribution is 2.24. The number of alkyl carbamates (subject to hydrolysis) is 1. The number of amides is 1. The molecule has 0 saturated heterocycles. The van der Waals surface area contributed by atoms with Gasteiger partial charge in [-0.25, -0.2) is 4.79 Å². The van der Waals surface area contributed by atoms with Crippen LogP contribution in [0.3, 0.4) is 0 Å². The summed E-state index contributed by atoms with van der Waals surface area (Å²) in [6.45, 7) is 0.847. The molecule has 122 valence electrons. The number of benzene rings is 2. The summed E-state index contributed by atoms with van der Waals surface area (Å²) in [7, 11) is 1.66. The van der Waals surface area contributed by atoms with Gasteiger partial charge in [-0.1, -0.05) is 52.3 Å². The molecule has 0 fully saturated rings. The van der Waals surface area contributed by atoms with Crippen LogP contribution < -0.4 is 10.1 Å². The molecule has 0 aromatic heterocycles. The lowest BCUT2D eigenvalue weighted by Gasteiger charge is -2.10. The standard InChI is InChI=1S/C18H20BrNO3/c1-22-17-12-16(19)10-9-15(17)8-5-11-20-18(21)23-13-14-6-3-2-4-7-14/h2-4,6-7,9-10,12H,5,8,11,13H2,1H3,(H,20,21). The van der Waals surface area contributed by atoms with E-state index in [-0.39, 0.29) is 6.61 Å². The molecule has 2 aromatic carbocycles. The largest absolute Gasteiger partial charge is 0.496 e. The topological polar surface area (TPSA) is 47.6 Å². The number of methoxy groups -OCH3 is 1. The van der Waals surface area contributed by atoms with Crippen molar-refractivity contribution in [2.45, 2.75) is 19.4 Å². The molecule has 2 rings (SSSR count). The van der Waals surface area contributed by atoms with E-state index >= 15 is 0 Å². The smallest absolute Gasteiger partial charge is 0.407 e. The summed E-state index contributed by atoms with van der Waals surface area (Å²) in [6, 6.07) is 15.6. The number of hydrogen-bond acceptors (Lipinski definition) is 3. The summed E-state index contributed by atoms with van der Waals surface area (Å²) < 4.78 is 11.5. The lowest BCUT2D eigenvalue weighted by Crippen LogP contribution is -2.25. The van der Waals surface area contributed by atoms with Crippen molar-refractivity contribution in [3.05, 3.63) is 64.1 Å². The second-order valence-electron chi connectivity index (χ2n) is 5.05. The van der Waals surface area contributed by atoms with E-state index in [0.717, 1.165) is 34.2 Å². The normalized spacial score (nSPS) is 10.2. The van der Waals surface area contributed by atoms with Gasteiger partial charge in [0.25, 0.3) is 0 Å². The first-order valence-electron chi connectivity index (χ1n) is 7.46. The van der Waals surface area contributed by atoms with Crippen molar-refractivity contribution in [3.63, 3.8) is 0 Å². The van der Waals surface area contributed by atoms with E-state index in [9.17, 15) is 4.79 Å². The first-order chi connectivity index (χ1) is 11.2. The maximum absolute atomic E-state index is 11.6. The summed E-state index contributed by atoms with van der Waals surface area (Å²) in [6.07, 6.45) is 1.25. The zero-order valence-electron chi connectivity index (χ0n) is 13.0.